The summed E-state index contributed by atoms with van der Waals surface area (Å²) in [7, 11) is 3.28. The third-order valence-corrected chi connectivity index (χ3v) is 8.59. The molecule has 204 valence electrons. The highest BCUT2D eigenvalue weighted by Gasteiger charge is 2.27. The first-order chi connectivity index (χ1) is 20.1. The van der Waals surface area contributed by atoms with Gasteiger partial charge in [-0.25, -0.2) is 4.98 Å². The number of methoxy groups -OCH3 is 2. The molecule has 0 spiro atoms. The van der Waals surface area contributed by atoms with Gasteiger partial charge in [-0.3, -0.25) is 9.69 Å². The largest absolute Gasteiger partial charge is 0.497 e. The van der Waals surface area contributed by atoms with E-state index in [1.165, 1.54) is 11.8 Å². The van der Waals surface area contributed by atoms with E-state index in [1.807, 2.05) is 89.8 Å². The number of para-hydroxylation sites is 2. The Morgan fingerprint density at radius 1 is 0.732 bits per heavy atom. The number of rotatable bonds is 8. The molecule has 0 saturated heterocycles. The number of nitrogens with zero attached hydrogens (tertiary/aromatic N) is 4. The van der Waals surface area contributed by atoms with Crippen LogP contribution < -0.4 is 14.4 Å². The van der Waals surface area contributed by atoms with Crippen molar-refractivity contribution in [3.05, 3.63) is 97.1 Å². The third kappa shape index (κ3) is 5.64. The standard InChI is InChI=1S/C32H26N4O3S2/c1-38-23-15-11-21(12-16-23)30-31(22-13-17-24(39-2)18-14-22)34-35-32(33-30)40-20-19-29(37)36-25-7-3-5-9-27(25)41-28-10-6-4-8-26(28)36/h3-18H,19-20H2,1-2H3. The third-order valence-electron chi connectivity index (χ3n) is 6.62. The predicted molar refractivity (Wildman–Crippen MR) is 163 cm³/mol. The molecule has 0 N–H and O–H groups in total. The Morgan fingerprint density at radius 3 is 1.83 bits per heavy atom. The lowest BCUT2D eigenvalue weighted by molar-refractivity contribution is -0.117. The molecule has 4 aromatic carbocycles. The minimum absolute atomic E-state index is 0.0240. The number of hydrogen-bond acceptors (Lipinski definition) is 8. The van der Waals surface area contributed by atoms with E-state index in [4.69, 9.17) is 14.5 Å². The molecule has 1 aliphatic heterocycles. The highest BCUT2D eigenvalue weighted by atomic mass is 32.2. The number of anilines is 2. The van der Waals surface area contributed by atoms with Crippen molar-refractivity contribution in [3.8, 4) is 34.0 Å². The van der Waals surface area contributed by atoms with Gasteiger partial charge in [-0.1, -0.05) is 47.8 Å². The van der Waals surface area contributed by atoms with Crippen molar-refractivity contribution in [2.45, 2.75) is 21.4 Å². The zero-order valence-electron chi connectivity index (χ0n) is 22.5. The maximum atomic E-state index is 13.6. The molecule has 0 radical (unpaired) electrons. The highest BCUT2D eigenvalue weighted by Crippen LogP contribution is 2.48. The van der Waals surface area contributed by atoms with Crippen LogP contribution in [-0.4, -0.2) is 41.1 Å². The van der Waals surface area contributed by atoms with Gasteiger partial charge in [0, 0.05) is 33.1 Å². The number of ether oxygens (including phenoxy) is 2. The van der Waals surface area contributed by atoms with Crippen molar-refractivity contribution in [1.82, 2.24) is 15.2 Å². The SMILES string of the molecule is COc1ccc(-c2nnc(SCCC(=O)N3c4ccccc4Sc4ccccc43)nc2-c2ccc(OC)cc2)cc1. The van der Waals surface area contributed by atoms with Crippen LogP contribution in [0, 0.1) is 0 Å². The summed E-state index contributed by atoms with van der Waals surface area (Å²) in [6.45, 7) is 0. The molecule has 0 saturated carbocycles. The van der Waals surface area contributed by atoms with Gasteiger partial charge in [-0.2, -0.15) is 0 Å². The van der Waals surface area contributed by atoms with Crippen LogP contribution in [0.25, 0.3) is 22.5 Å². The summed E-state index contributed by atoms with van der Waals surface area (Å²) in [5, 5.41) is 9.49. The fourth-order valence-electron chi connectivity index (χ4n) is 4.58. The summed E-state index contributed by atoms with van der Waals surface area (Å²) >= 11 is 3.11. The molecule has 0 unspecified atom stereocenters. The van der Waals surface area contributed by atoms with Gasteiger partial charge in [0.1, 0.15) is 22.9 Å². The number of thioether (sulfide) groups is 1. The average Bonchev–Trinajstić information content (AvgIpc) is 3.03. The van der Waals surface area contributed by atoms with E-state index in [9.17, 15) is 4.79 Å². The highest BCUT2D eigenvalue weighted by molar-refractivity contribution is 7.99. The molecule has 0 fully saturated rings. The number of carbonyl (C=O) groups excluding carboxylic acids is 1. The maximum Gasteiger partial charge on any atom is 0.232 e. The molecule has 1 amide bonds. The molecule has 5 aromatic rings. The van der Waals surface area contributed by atoms with Crippen molar-refractivity contribution in [3.63, 3.8) is 0 Å². The Morgan fingerprint density at radius 2 is 1.27 bits per heavy atom. The number of benzene rings is 4. The molecule has 41 heavy (non-hydrogen) atoms. The number of amides is 1. The van der Waals surface area contributed by atoms with Crippen LogP contribution in [0.5, 0.6) is 11.5 Å². The first-order valence-corrected chi connectivity index (χ1v) is 14.8. The topological polar surface area (TPSA) is 77.4 Å². The quantitative estimate of drug-likeness (QED) is 0.175. The van der Waals surface area contributed by atoms with Crippen molar-refractivity contribution in [1.29, 1.82) is 0 Å². The van der Waals surface area contributed by atoms with E-state index >= 15 is 0 Å². The minimum atomic E-state index is 0.0240. The van der Waals surface area contributed by atoms with Crippen LogP contribution in [-0.2, 0) is 4.79 Å². The van der Waals surface area contributed by atoms with Crippen molar-refractivity contribution < 1.29 is 14.3 Å². The maximum absolute atomic E-state index is 13.6. The van der Waals surface area contributed by atoms with Gasteiger partial charge < -0.3 is 9.47 Å². The summed E-state index contributed by atoms with van der Waals surface area (Å²) < 4.78 is 10.6. The van der Waals surface area contributed by atoms with Gasteiger partial charge in [-0.15, -0.1) is 10.2 Å². The summed E-state index contributed by atoms with van der Waals surface area (Å²) in [5.41, 5.74) is 4.96. The van der Waals surface area contributed by atoms with Gasteiger partial charge in [0.25, 0.3) is 0 Å². The molecule has 9 heteroatoms. The number of hydrogen-bond donors (Lipinski definition) is 0. The number of fused-ring (bicyclic) bond motifs is 2. The van der Waals surface area contributed by atoms with Crippen LogP contribution >= 0.6 is 23.5 Å². The molecule has 2 heterocycles. The Balaban J connectivity index is 1.24. The molecule has 0 aliphatic carbocycles. The van der Waals surface area contributed by atoms with Gasteiger partial charge in [0.2, 0.25) is 11.1 Å². The lowest BCUT2D eigenvalue weighted by atomic mass is 10.0. The second-order valence-corrected chi connectivity index (χ2v) is 11.3. The lowest BCUT2D eigenvalue weighted by Crippen LogP contribution is -2.28. The van der Waals surface area contributed by atoms with E-state index in [0.29, 0.717) is 28.7 Å². The first-order valence-electron chi connectivity index (χ1n) is 13.0. The molecule has 0 atom stereocenters. The smallest absolute Gasteiger partial charge is 0.232 e. The van der Waals surface area contributed by atoms with E-state index in [2.05, 4.69) is 22.3 Å². The second-order valence-electron chi connectivity index (χ2n) is 9.11. The Labute approximate surface area is 247 Å². The van der Waals surface area contributed by atoms with Crippen molar-refractivity contribution in [2.75, 3.05) is 24.9 Å². The molecular weight excluding hydrogens is 553 g/mol. The first kappa shape index (κ1) is 26.9. The van der Waals surface area contributed by atoms with Crippen LogP contribution in [0.4, 0.5) is 11.4 Å². The normalized spacial score (nSPS) is 11.9. The zero-order valence-corrected chi connectivity index (χ0v) is 24.1. The Hall–Kier alpha value is -4.34. The fraction of sp³-hybridized carbons (Fsp3) is 0.125. The van der Waals surface area contributed by atoms with Crippen LogP contribution in [0.1, 0.15) is 6.42 Å². The minimum Gasteiger partial charge on any atom is -0.497 e. The summed E-state index contributed by atoms with van der Waals surface area (Å²) in [6, 6.07) is 31.4. The Kier molecular flexibility index (Phi) is 7.89. The summed E-state index contributed by atoms with van der Waals surface area (Å²) in [4.78, 5) is 22.4. The number of carbonyl (C=O) groups is 1. The van der Waals surface area contributed by atoms with Crippen molar-refractivity contribution in [2.24, 2.45) is 0 Å². The molecule has 1 aromatic heterocycles. The van der Waals surface area contributed by atoms with Crippen LogP contribution in [0.3, 0.4) is 0 Å². The van der Waals surface area contributed by atoms with Gasteiger partial charge in [0.15, 0.2) is 0 Å². The van der Waals surface area contributed by atoms with Gasteiger partial charge in [0.05, 0.1) is 25.6 Å². The molecule has 7 nitrogen and oxygen atoms in total. The van der Waals surface area contributed by atoms with Crippen LogP contribution in [0.15, 0.2) is 112 Å². The average molecular weight is 579 g/mol. The van der Waals surface area contributed by atoms with E-state index in [0.717, 1.165) is 43.8 Å². The molecule has 0 bridgehead atoms. The van der Waals surface area contributed by atoms with Gasteiger partial charge in [-0.05, 0) is 72.8 Å². The fourth-order valence-corrected chi connectivity index (χ4v) is 6.35. The summed E-state index contributed by atoms with van der Waals surface area (Å²) in [6.07, 6.45) is 0.319. The monoisotopic (exact) mass is 578 g/mol. The van der Waals surface area contributed by atoms with Crippen LogP contribution in [0.2, 0.25) is 0 Å². The molecule has 1 aliphatic rings. The van der Waals surface area contributed by atoms with Gasteiger partial charge >= 0.3 is 0 Å². The second kappa shape index (κ2) is 12.0. The predicted octanol–water partition coefficient (Wildman–Crippen LogP) is 7.53. The lowest BCUT2D eigenvalue weighted by Gasteiger charge is -2.31. The zero-order chi connectivity index (χ0) is 28.2. The van der Waals surface area contributed by atoms with E-state index in [-0.39, 0.29) is 5.91 Å². The summed E-state index contributed by atoms with van der Waals surface area (Å²) in [5.74, 6) is 2.05. The van der Waals surface area contributed by atoms with E-state index < -0.39 is 0 Å². The molecule has 6 rings (SSSR count). The van der Waals surface area contributed by atoms with Crippen molar-refractivity contribution >= 4 is 40.8 Å². The Bertz CT molecular complexity index is 1650. The van der Waals surface area contributed by atoms with E-state index in [1.54, 1.807) is 26.0 Å². The molecular formula is C32H26N4O3S2. The number of aromatic nitrogens is 3.